The van der Waals surface area contributed by atoms with Crippen LogP contribution in [0.5, 0.6) is 0 Å². The summed E-state index contributed by atoms with van der Waals surface area (Å²) in [5.74, 6) is -1.10. The molecule has 0 atom stereocenters. The molecule has 0 fully saturated rings. The molecule has 1 amide bonds. The van der Waals surface area contributed by atoms with Crippen molar-refractivity contribution in [3.8, 4) is 0 Å². The first-order valence-corrected chi connectivity index (χ1v) is 10.0. The van der Waals surface area contributed by atoms with Crippen LogP contribution in [0.15, 0.2) is 60.7 Å². The van der Waals surface area contributed by atoms with Crippen LogP contribution in [0.3, 0.4) is 0 Å². The Bertz CT molecular complexity index is 1060. The minimum Gasteiger partial charge on any atom is -0.465 e. The number of methoxy groups -OCH3 is 1. The van der Waals surface area contributed by atoms with Crippen molar-refractivity contribution in [1.82, 2.24) is 10.3 Å². The van der Waals surface area contributed by atoms with Crippen LogP contribution in [-0.2, 0) is 21.5 Å². The van der Waals surface area contributed by atoms with Crippen LogP contribution in [0.4, 0.5) is 0 Å². The Hall–Kier alpha value is -3.67. The molecule has 6 nitrogen and oxygen atoms in total. The summed E-state index contributed by atoms with van der Waals surface area (Å²) in [5, 5.41) is 3.12. The number of amides is 1. The Labute approximate surface area is 181 Å². The molecular formula is C25H26N2O4. The molecule has 160 valence electrons. The van der Waals surface area contributed by atoms with E-state index in [1.165, 1.54) is 14.0 Å². The molecule has 0 aliphatic carbocycles. The average molecular weight is 418 g/mol. The molecule has 0 aliphatic heterocycles. The van der Waals surface area contributed by atoms with E-state index in [-0.39, 0.29) is 23.7 Å². The van der Waals surface area contributed by atoms with Gasteiger partial charge in [0, 0.05) is 12.6 Å². The summed E-state index contributed by atoms with van der Waals surface area (Å²) < 4.78 is 4.87. The zero-order valence-electron chi connectivity index (χ0n) is 18.1. The Morgan fingerprint density at radius 2 is 1.48 bits per heavy atom. The molecule has 0 saturated heterocycles. The minimum absolute atomic E-state index is 0.103. The highest BCUT2D eigenvalue weighted by atomic mass is 16.5. The SMILES string of the molecule is COC(=O)c1c(CC(=O)NC(C)(c2ccccc2)c2ccccc2)[nH]c(C(C)=O)c1C. The van der Waals surface area contributed by atoms with E-state index in [0.29, 0.717) is 17.0 Å². The minimum atomic E-state index is -0.782. The first-order valence-electron chi connectivity index (χ1n) is 10.0. The molecule has 0 spiro atoms. The predicted octanol–water partition coefficient (Wildman–Crippen LogP) is 3.93. The van der Waals surface area contributed by atoms with Gasteiger partial charge in [-0.1, -0.05) is 60.7 Å². The monoisotopic (exact) mass is 418 g/mol. The third kappa shape index (κ3) is 4.43. The number of nitrogens with one attached hydrogen (secondary N) is 2. The Kier molecular flexibility index (Phi) is 6.39. The lowest BCUT2D eigenvalue weighted by Gasteiger charge is -2.32. The second-order valence-corrected chi connectivity index (χ2v) is 7.61. The lowest BCUT2D eigenvalue weighted by Crippen LogP contribution is -2.45. The van der Waals surface area contributed by atoms with Crippen molar-refractivity contribution in [2.24, 2.45) is 0 Å². The lowest BCUT2D eigenvalue weighted by molar-refractivity contribution is -0.121. The second kappa shape index (κ2) is 9.00. The van der Waals surface area contributed by atoms with Gasteiger partial charge in [-0.2, -0.15) is 0 Å². The number of ether oxygens (including phenoxy) is 1. The molecule has 0 saturated carbocycles. The Morgan fingerprint density at radius 1 is 0.968 bits per heavy atom. The van der Waals surface area contributed by atoms with Crippen LogP contribution in [0.25, 0.3) is 0 Å². The van der Waals surface area contributed by atoms with Crippen molar-refractivity contribution in [2.75, 3.05) is 7.11 Å². The van der Waals surface area contributed by atoms with Gasteiger partial charge in [-0.3, -0.25) is 9.59 Å². The smallest absolute Gasteiger partial charge is 0.339 e. The zero-order valence-corrected chi connectivity index (χ0v) is 18.1. The van der Waals surface area contributed by atoms with Crippen molar-refractivity contribution in [2.45, 2.75) is 32.7 Å². The van der Waals surface area contributed by atoms with Gasteiger partial charge >= 0.3 is 5.97 Å². The summed E-state index contributed by atoms with van der Waals surface area (Å²) in [6.07, 6.45) is -0.103. The largest absolute Gasteiger partial charge is 0.465 e. The fraction of sp³-hybridized carbons (Fsp3) is 0.240. The summed E-state index contributed by atoms with van der Waals surface area (Å²) in [5.41, 5.74) is 2.44. The maximum atomic E-state index is 13.2. The highest BCUT2D eigenvalue weighted by molar-refractivity contribution is 6.01. The van der Waals surface area contributed by atoms with Crippen molar-refractivity contribution in [3.63, 3.8) is 0 Å². The molecule has 2 aromatic carbocycles. The van der Waals surface area contributed by atoms with Crippen molar-refractivity contribution in [1.29, 1.82) is 0 Å². The molecule has 0 radical (unpaired) electrons. The highest BCUT2D eigenvalue weighted by Crippen LogP contribution is 2.29. The van der Waals surface area contributed by atoms with Crippen molar-refractivity contribution in [3.05, 3.63) is 94.3 Å². The van der Waals surface area contributed by atoms with E-state index in [4.69, 9.17) is 4.74 Å². The average Bonchev–Trinajstić information content (AvgIpc) is 3.10. The first-order chi connectivity index (χ1) is 14.8. The number of rotatable bonds is 7. The Morgan fingerprint density at radius 3 is 1.94 bits per heavy atom. The number of benzene rings is 2. The molecule has 0 unspecified atom stereocenters. The summed E-state index contributed by atoms with van der Waals surface area (Å²) in [6, 6.07) is 19.4. The lowest BCUT2D eigenvalue weighted by atomic mass is 9.84. The number of aromatic amines is 1. The number of aromatic nitrogens is 1. The maximum Gasteiger partial charge on any atom is 0.339 e. The predicted molar refractivity (Wildman–Crippen MR) is 118 cm³/mol. The number of H-pyrrole nitrogens is 1. The molecule has 1 heterocycles. The number of hydrogen-bond acceptors (Lipinski definition) is 4. The molecule has 3 rings (SSSR count). The van der Waals surface area contributed by atoms with E-state index >= 15 is 0 Å². The molecule has 31 heavy (non-hydrogen) atoms. The zero-order chi connectivity index (χ0) is 22.6. The molecule has 3 aromatic rings. The van der Waals surface area contributed by atoms with E-state index in [1.807, 2.05) is 67.6 Å². The molecular weight excluding hydrogens is 392 g/mol. The Balaban J connectivity index is 1.97. The van der Waals surface area contributed by atoms with Gasteiger partial charge in [0.2, 0.25) is 5.91 Å². The summed E-state index contributed by atoms with van der Waals surface area (Å²) in [4.78, 5) is 40.4. The van der Waals surface area contributed by atoms with Crippen molar-refractivity contribution >= 4 is 17.7 Å². The van der Waals surface area contributed by atoms with Crippen LogP contribution in [0, 0.1) is 6.92 Å². The van der Waals surface area contributed by atoms with Gasteiger partial charge in [0.15, 0.2) is 5.78 Å². The van der Waals surface area contributed by atoms with Gasteiger partial charge in [0.1, 0.15) is 0 Å². The van der Waals surface area contributed by atoms with E-state index in [1.54, 1.807) is 6.92 Å². The van der Waals surface area contributed by atoms with E-state index in [9.17, 15) is 14.4 Å². The van der Waals surface area contributed by atoms with Crippen LogP contribution in [-0.4, -0.2) is 29.8 Å². The normalized spacial score (nSPS) is 11.1. The van der Waals surface area contributed by atoms with Gasteiger partial charge < -0.3 is 15.0 Å². The van der Waals surface area contributed by atoms with Crippen LogP contribution in [0.2, 0.25) is 0 Å². The topological polar surface area (TPSA) is 88.3 Å². The number of carbonyl (C=O) groups excluding carboxylic acids is 3. The number of hydrogen-bond donors (Lipinski definition) is 2. The second-order valence-electron chi connectivity index (χ2n) is 7.61. The maximum absolute atomic E-state index is 13.2. The molecule has 0 bridgehead atoms. The summed E-state index contributed by atoms with van der Waals surface area (Å²) >= 11 is 0. The van der Waals surface area contributed by atoms with E-state index < -0.39 is 11.5 Å². The van der Waals surface area contributed by atoms with Crippen molar-refractivity contribution < 1.29 is 19.1 Å². The van der Waals surface area contributed by atoms with Gasteiger partial charge in [-0.15, -0.1) is 0 Å². The number of Topliss-reactive ketones (excluding diaryl/α,β-unsaturated/α-hetero) is 1. The number of carbonyl (C=O) groups is 3. The third-order valence-electron chi connectivity index (χ3n) is 5.50. The molecule has 0 aliphatic rings. The molecule has 6 heteroatoms. The van der Waals surface area contributed by atoms with Crippen LogP contribution in [0.1, 0.15) is 57.1 Å². The summed E-state index contributed by atoms with van der Waals surface area (Å²) in [6.45, 7) is 5.02. The van der Waals surface area contributed by atoms with Crippen LogP contribution >= 0.6 is 0 Å². The fourth-order valence-electron chi connectivity index (χ4n) is 3.86. The fourth-order valence-corrected chi connectivity index (χ4v) is 3.86. The van der Waals surface area contributed by atoms with E-state index in [2.05, 4.69) is 10.3 Å². The molecule has 2 N–H and O–H groups in total. The number of esters is 1. The van der Waals surface area contributed by atoms with Gasteiger partial charge in [-0.25, -0.2) is 4.79 Å². The third-order valence-corrected chi connectivity index (χ3v) is 5.50. The number of ketones is 1. The highest BCUT2D eigenvalue weighted by Gasteiger charge is 2.32. The summed E-state index contributed by atoms with van der Waals surface area (Å²) in [7, 11) is 1.27. The van der Waals surface area contributed by atoms with Gasteiger partial charge in [0.25, 0.3) is 0 Å². The van der Waals surface area contributed by atoms with Crippen LogP contribution < -0.4 is 5.32 Å². The van der Waals surface area contributed by atoms with Gasteiger partial charge in [0.05, 0.1) is 30.3 Å². The van der Waals surface area contributed by atoms with Gasteiger partial charge in [-0.05, 0) is 30.5 Å². The molecule has 1 aromatic heterocycles. The first kappa shape index (κ1) is 22.0. The van der Waals surface area contributed by atoms with E-state index in [0.717, 1.165) is 11.1 Å². The quantitative estimate of drug-likeness (QED) is 0.449. The standard InChI is InChI=1S/C25H26N2O4/c1-16-22(24(30)31-4)20(26-23(16)17(2)28)15-21(29)27-25(3,18-11-7-5-8-12-18)19-13-9-6-10-14-19/h5-14,26H,15H2,1-4H3,(H,27,29).